The van der Waals surface area contributed by atoms with E-state index in [4.69, 9.17) is 14.2 Å². The fourth-order valence-electron chi connectivity index (χ4n) is 6.71. The van der Waals surface area contributed by atoms with Crippen molar-refractivity contribution in [2.75, 3.05) is 40.2 Å². The number of likely N-dealkylation sites (tertiary alicyclic amines) is 1. The van der Waals surface area contributed by atoms with Crippen LogP contribution in [0.2, 0.25) is 0 Å². The monoisotopic (exact) mass is 444 g/mol. The van der Waals surface area contributed by atoms with Gasteiger partial charge in [-0.05, 0) is 63.2 Å². The first kappa shape index (κ1) is 23.7. The molecular weight excluding hydrogens is 400 g/mol. The molecule has 0 aromatic heterocycles. The summed E-state index contributed by atoms with van der Waals surface area (Å²) in [5, 5.41) is 3.92. The van der Waals surface area contributed by atoms with E-state index in [1.54, 1.807) is 14.2 Å². The molecule has 0 amide bonds. The fourth-order valence-corrected chi connectivity index (χ4v) is 6.71. The van der Waals surface area contributed by atoms with E-state index in [0.717, 1.165) is 17.9 Å². The lowest BCUT2D eigenvalue weighted by atomic mass is 9.42. The fraction of sp³-hybridized carbons (Fsp3) is 0.778. The lowest BCUT2D eigenvalue weighted by molar-refractivity contribution is -0.193. The van der Waals surface area contributed by atoms with Gasteiger partial charge in [-0.1, -0.05) is 34.1 Å². The van der Waals surface area contributed by atoms with Crippen molar-refractivity contribution in [3.05, 3.63) is 17.7 Å². The van der Waals surface area contributed by atoms with E-state index in [9.17, 15) is 0 Å². The Morgan fingerprint density at radius 1 is 1.06 bits per heavy atom. The molecule has 2 unspecified atom stereocenters. The number of fused-ring (bicyclic) bond motifs is 3. The van der Waals surface area contributed by atoms with Crippen LogP contribution >= 0.6 is 0 Å². The third-order valence-electron chi connectivity index (χ3n) is 9.23. The summed E-state index contributed by atoms with van der Waals surface area (Å²) in [6, 6.07) is 4.78. The van der Waals surface area contributed by atoms with Crippen LogP contribution in [0.1, 0.15) is 78.2 Å². The topological polar surface area (TPSA) is 43.0 Å². The van der Waals surface area contributed by atoms with Gasteiger partial charge in [0.25, 0.3) is 0 Å². The van der Waals surface area contributed by atoms with Crippen molar-refractivity contribution in [3.63, 3.8) is 0 Å². The van der Waals surface area contributed by atoms with Crippen molar-refractivity contribution in [3.8, 4) is 11.5 Å². The molecule has 6 rings (SSSR count). The molecule has 1 spiro atoms. The van der Waals surface area contributed by atoms with Crippen molar-refractivity contribution in [2.24, 2.45) is 10.8 Å². The number of anilines is 1. The van der Waals surface area contributed by atoms with Crippen LogP contribution in [0.15, 0.2) is 12.1 Å². The average molecular weight is 445 g/mol. The highest BCUT2D eigenvalue weighted by Crippen LogP contribution is 2.72. The lowest BCUT2D eigenvalue weighted by Gasteiger charge is -2.72. The summed E-state index contributed by atoms with van der Waals surface area (Å²) in [5.41, 5.74) is 3.22. The maximum Gasteiger partial charge on any atom is 0.168 e. The number of rotatable bonds is 4. The van der Waals surface area contributed by atoms with Gasteiger partial charge in [0.2, 0.25) is 0 Å². The molecule has 180 valence electrons. The molecule has 2 bridgehead atoms. The molecule has 1 saturated heterocycles. The van der Waals surface area contributed by atoms with Crippen molar-refractivity contribution in [1.82, 2.24) is 4.90 Å². The Bertz CT molecular complexity index is 838. The van der Waals surface area contributed by atoms with Crippen molar-refractivity contribution >= 4 is 5.69 Å². The number of nitrogens with one attached hydrogen (secondary N) is 1. The van der Waals surface area contributed by atoms with Gasteiger partial charge >= 0.3 is 0 Å². The average Bonchev–Trinajstić information content (AvgIpc) is 2.77. The van der Waals surface area contributed by atoms with Crippen molar-refractivity contribution in [1.29, 1.82) is 0 Å². The Labute approximate surface area is 195 Å². The molecule has 0 radical (unpaired) electrons. The summed E-state index contributed by atoms with van der Waals surface area (Å²) >= 11 is 0. The molecule has 2 atom stereocenters. The molecule has 5 aliphatic rings. The quantitative estimate of drug-likeness (QED) is 0.634. The highest BCUT2D eigenvalue weighted by Gasteiger charge is 2.71. The molecule has 5 nitrogen and oxygen atoms in total. The first-order valence-electron chi connectivity index (χ1n) is 12.4. The van der Waals surface area contributed by atoms with Gasteiger partial charge in [-0.2, -0.15) is 0 Å². The van der Waals surface area contributed by atoms with Gasteiger partial charge in [0, 0.05) is 36.2 Å². The minimum absolute atomic E-state index is 0.0111. The molecule has 5 heteroatoms. The standard InChI is InChI=1S/C21H30N2O3.C6H14/c1-23-12-7-16(23)20-10-8-19(26-4,9-11-20)13-21(20)17-14(22-21)5-6-15(24-2)18(17)25-3;1-5-6(2,3)4/h5-6,16,22H,7-13H2,1-4H3;5H2,1-4H3. The van der Waals surface area contributed by atoms with E-state index in [0.29, 0.717) is 11.5 Å². The van der Waals surface area contributed by atoms with Crippen LogP contribution in [0, 0.1) is 10.8 Å². The predicted molar refractivity (Wildman–Crippen MR) is 131 cm³/mol. The zero-order valence-corrected chi connectivity index (χ0v) is 21.6. The Kier molecular flexibility index (Phi) is 5.99. The summed E-state index contributed by atoms with van der Waals surface area (Å²) in [7, 11) is 7.66. The van der Waals surface area contributed by atoms with Gasteiger partial charge in [0.15, 0.2) is 11.5 Å². The second kappa shape index (κ2) is 8.09. The summed E-state index contributed by atoms with van der Waals surface area (Å²) in [6.45, 7) is 10.1. The Morgan fingerprint density at radius 3 is 2.16 bits per heavy atom. The summed E-state index contributed by atoms with van der Waals surface area (Å²) in [4.78, 5) is 2.55. The second-order valence-electron chi connectivity index (χ2n) is 11.7. The van der Waals surface area contributed by atoms with Crippen molar-refractivity contribution in [2.45, 2.75) is 89.8 Å². The smallest absolute Gasteiger partial charge is 0.168 e. The molecule has 2 heterocycles. The van der Waals surface area contributed by atoms with Gasteiger partial charge in [0.1, 0.15) is 0 Å². The number of hydrogen-bond donors (Lipinski definition) is 1. The van der Waals surface area contributed by atoms with Crippen LogP contribution in [0.4, 0.5) is 5.69 Å². The summed E-state index contributed by atoms with van der Waals surface area (Å²) in [5.74, 6) is 1.74. The van der Waals surface area contributed by atoms with Crippen LogP contribution in [-0.2, 0) is 10.3 Å². The number of hydrogen-bond acceptors (Lipinski definition) is 5. The van der Waals surface area contributed by atoms with Gasteiger partial charge in [0.05, 0.1) is 25.4 Å². The van der Waals surface area contributed by atoms with Gasteiger partial charge < -0.3 is 24.4 Å². The Morgan fingerprint density at radius 2 is 1.72 bits per heavy atom. The normalized spacial score (nSPS) is 35.1. The highest BCUT2D eigenvalue weighted by molar-refractivity contribution is 5.76. The molecule has 2 aliphatic heterocycles. The Hall–Kier alpha value is -1.46. The molecule has 1 aromatic carbocycles. The molecule has 3 aliphatic carbocycles. The molecule has 4 fully saturated rings. The third-order valence-corrected chi connectivity index (χ3v) is 9.23. The van der Waals surface area contributed by atoms with Crippen molar-refractivity contribution < 1.29 is 14.2 Å². The maximum atomic E-state index is 6.12. The minimum Gasteiger partial charge on any atom is -0.493 e. The van der Waals surface area contributed by atoms with E-state index in [1.807, 2.05) is 13.2 Å². The SMILES string of the molecule is CCC(C)(C)C.COc1ccc2c(c1OC)C1(CC3(OC)CCC1(C1CCN1C)CC3)N2. The molecule has 32 heavy (non-hydrogen) atoms. The molecular formula is C27H44N2O3. The number of methoxy groups -OCH3 is 3. The minimum atomic E-state index is -0.0753. The molecule has 3 saturated carbocycles. The molecule has 1 aromatic rings. The van der Waals surface area contributed by atoms with E-state index in [-0.39, 0.29) is 16.6 Å². The Balaban J connectivity index is 0.000000363. The van der Waals surface area contributed by atoms with E-state index in [2.05, 4.69) is 51.0 Å². The zero-order chi connectivity index (χ0) is 23.4. The largest absolute Gasteiger partial charge is 0.493 e. The van der Waals surface area contributed by atoms with E-state index < -0.39 is 0 Å². The predicted octanol–water partition coefficient (Wildman–Crippen LogP) is 5.82. The van der Waals surface area contributed by atoms with Crippen LogP contribution in [0.5, 0.6) is 11.5 Å². The first-order valence-corrected chi connectivity index (χ1v) is 12.4. The highest BCUT2D eigenvalue weighted by atomic mass is 16.5. The number of nitrogens with zero attached hydrogens (tertiary/aromatic N) is 1. The first-order chi connectivity index (χ1) is 15.1. The lowest BCUT2D eigenvalue weighted by Crippen LogP contribution is -2.74. The summed E-state index contributed by atoms with van der Waals surface area (Å²) in [6.07, 6.45) is 8.34. The van der Waals surface area contributed by atoms with E-state index in [1.165, 1.54) is 56.3 Å². The van der Waals surface area contributed by atoms with Gasteiger partial charge in [-0.3, -0.25) is 0 Å². The summed E-state index contributed by atoms with van der Waals surface area (Å²) < 4.78 is 17.6. The van der Waals surface area contributed by atoms with Crippen LogP contribution in [0.3, 0.4) is 0 Å². The molecule has 1 N–H and O–H groups in total. The number of ether oxygens (including phenoxy) is 3. The van der Waals surface area contributed by atoms with Gasteiger partial charge in [-0.25, -0.2) is 0 Å². The number of benzene rings is 1. The van der Waals surface area contributed by atoms with Crippen LogP contribution in [-0.4, -0.2) is 51.5 Å². The van der Waals surface area contributed by atoms with Gasteiger partial charge in [-0.15, -0.1) is 0 Å². The van der Waals surface area contributed by atoms with E-state index >= 15 is 0 Å². The van der Waals surface area contributed by atoms with Crippen LogP contribution < -0.4 is 14.8 Å². The second-order valence-corrected chi connectivity index (χ2v) is 11.7. The maximum absolute atomic E-state index is 6.12. The van der Waals surface area contributed by atoms with Crippen LogP contribution in [0.25, 0.3) is 0 Å². The third kappa shape index (κ3) is 3.34. The zero-order valence-electron chi connectivity index (χ0n) is 21.6.